The van der Waals surface area contributed by atoms with Gasteiger partial charge in [0, 0.05) is 19.3 Å². The highest BCUT2D eigenvalue weighted by molar-refractivity contribution is 5.98. The van der Waals surface area contributed by atoms with Crippen molar-refractivity contribution < 1.29 is 51.5 Å². The molecular weight excluding hydrogens is 1290 g/mol. The smallest absolute Gasteiger partial charge is 0.300 e. The highest BCUT2D eigenvalue weighted by atomic mass is 19.4. The Morgan fingerprint density at radius 3 is 0.767 bits per heavy atom. The quantitative estimate of drug-likeness (QED) is 0.0785. The van der Waals surface area contributed by atoms with Crippen molar-refractivity contribution in [2.24, 2.45) is 10.8 Å². The molecule has 103 heavy (non-hydrogen) atoms. The van der Waals surface area contributed by atoms with Gasteiger partial charge in [0.05, 0.1) is 11.8 Å². The standard InChI is InChI=1S/3C14H22.C7H10O2.C6H10O2.C6H8O2.C6H12.C6H14.C5H9F3.C5H8O2.C5H12.C4H10/c1-13(2,3)11-7-9-12(10-8-11)14(4,5)6;1-13(2,3)11-8-7-9-12(10-11)14(4,5)6;1-13(2,3)11-9-7-8-10-12(11)14(4,5)6;1-5(7(3)9)4-6(2)8;2*1-5(7)3-4-6(2)8;1-6(2)4-3-5-6;1-3-5-6-4-2;1-4(2,3)5(6,7)8;1-4(6)3-5(2)7;1-3-5-4-2;1-3-4-2/h3*7-10H,1-6H3;1,4H2,2-3H3;3-4H2,1-2H3;3-4H,1-2H3;3-5H2,1-2H3;3-6H2,1-2H3;1-3H3;3H2,1-2H3;3-5H2,1-2H3;3-4H2,1-2H3. The molecule has 1 aliphatic carbocycles. The van der Waals surface area contributed by atoms with Gasteiger partial charge >= 0.3 is 6.18 Å². The van der Waals surface area contributed by atoms with Crippen LogP contribution in [0.25, 0.3) is 0 Å². The number of allylic oxidation sites excluding steroid dienone is 3. The molecule has 0 heterocycles. The summed E-state index contributed by atoms with van der Waals surface area (Å²) >= 11 is 0. The van der Waals surface area contributed by atoms with E-state index in [9.17, 15) is 51.5 Å². The molecule has 8 nitrogen and oxygen atoms in total. The second-order valence-electron chi connectivity index (χ2n) is 35.1. The fraction of sp³-hybridized carbons (Fsp3) is 0.674. The van der Waals surface area contributed by atoms with Gasteiger partial charge in [-0.05, 0) is 157 Å². The second-order valence-corrected chi connectivity index (χ2v) is 35.1. The first kappa shape index (κ1) is 113. The molecule has 0 N–H and O–H groups in total. The van der Waals surface area contributed by atoms with Crippen molar-refractivity contribution in [3.05, 3.63) is 130 Å². The molecule has 4 rings (SSSR count). The van der Waals surface area contributed by atoms with Gasteiger partial charge in [0.25, 0.3) is 0 Å². The Labute approximate surface area is 633 Å². The van der Waals surface area contributed by atoms with E-state index in [0.717, 1.165) is 26.2 Å². The van der Waals surface area contributed by atoms with Crippen molar-refractivity contribution in [1.82, 2.24) is 0 Å². The zero-order chi connectivity index (χ0) is 83.4. The van der Waals surface area contributed by atoms with Crippen LogP contribution in [0.2, 0.25) is 0 Å². The van der Waals surface area contributed by atoms with E-state index in [-0.39, 0.29) is 91.6 Å². The van der Waals surface area contributed by atoms with Gasteiger partial charge in [-0.1, -0.05) is 344 Å². The highest BCUT2D eigenvalue weighted by Crippen LogP contribution is 2.39. The summed E-state index contributed by atoms with van der Waals surface area (Å²) in [6.45, 7) is 76.9. The lowest BCUT2D eigenvalue weighted by Gasteiger charge is -2.33. The largest absolute Gasteiger partial charge is 0.393 e. The fourth-order valence-corrected chi connectivity index (χ4v) is 7.81. The van der Waals surface area contributed by atoms with Crippen molar-refractivity contribution in [3.63, 3.8) is 0 Å². The van der Waals surface area contributed by atoms with Crippen LogP contribution in [-0.4, -0.2) is 52.4 Å². The molecule has 11 heteroatoms. The number of alkyl halides is 3. The van der Waals surface area contributed by atoms with Crippen LogP contribution in [0.1, 0.15) is 392 Å². The van der Waals surface area contributed by atoms with Gasteiger partial charge in [0.15, 0.2) is 17.3 Å². The molecule has 1 saturated carbocycles. The van der Waals surface area contributed by atoms with Crippen LogP contribution in [0.15, 0.2) is 97.1 Å². The third-order valence-electron chi connectivity index (χ3n) is 15.3. The highest BCUT2D eigenvalue weighted by Gasteiger charge is 2.43. The average molecular weight is 1450 g/mol. The fourth-order valence-electron chi connectivity index (χ4n) is 7.81. The van der Waals surface area contributed by atoms with Crippen molar-refractivity contribution in [3.8, 4) is 0 Å². The molecule has 1 aliphatic rings. The van der Waals surface area contributed by atoms with E-state index in [1.165, 1.54) is 178 Å². The molecule has 3 aromatic rings. The first-order chi connectivity index (χ1) is 46.3. The van der Waals surface area contributed by atoms with Gasteiger partial charge in [-0.3, -0.25) is 28.8 Å². The van der Waals surface area contributed by atoms with E-state index in [0.29, 0.717) is 18.4 Å². The van der Waals surface area contributed by atoms with Crippen LogP contribution in [0.4, 0.5) is 13.2 Å². The van der Waals surface area contributed by atoms with Crippen LogP contribution in [0, 0.1) is 10.8 Å². The number of rotatable bonds is 16. The van der Waals surface area contributed by atoms with E-state index < -0.39 is 11.6 Å². The Bertz CT molecular complexity index is 2660. The van der Waals surface area contributed by atoms with E-state index in [1.807, 2.05) is 0 Å². The number of carbonyl (C=O) groups excluding carboxylic acids is 8. The molecule has 0 spiro atoms. The van der Waals surface area contributed by atoms with Crippen LogP contribution >= 0.6 is 0 Å². The number of Topliss-reactive ketones (excluding diaryl/α,β-unsaturated/α-hetero) is 6. The van der Waals surface area contributed by atoms with Crippen LogP contribution in [0.5, 0.6) is 0 Å². The van der Waals surface area contributed by atoms with Gasteiger partial charge in [0.1, 0.15) is 28.9 Å². The van der Waals surface area contributed by atoms with E-state index in [1.54, 1.807) is 0 Å². The average Bonchev–Trinajstić information content (AvgIpc) is 0.813. The molecule has 0 radical (unpaired) electrons. The van der Waals surface area contributed by atoms with Gasteiger partial charge in [-0.2, -0.15) is 13.2 Å². The van der Waals surface area contributed by atoms with Gasteiger partial charge < -0.3 is 9.59 Å². The summed E-state index contributed by atoms with van der Waals surface area (Å²) < 4.78 is 34.7. The SMILES string of the molecule is C=C(CC(C)=O)C(C)=O.CC(=O)C=CC(C)=O.CC(=O)CC(C)=O.CC(=O)CCC(C)=O.CC(C)(C)C(F)(F)F.CC(C)(C)c1ccc(C(C)(C)C)cc1.CC(C)(C)c1cccc(C(C)(C)C)c1.CC(C)(C)c1ccccc1C(C)(C)C.CC1(C)CCC1.CCCC.CCCCC.CCCCCC. The maximum atomic E-state index is 11.6. The first-order valence-electron chi connectivity index (χ1n) is 38.0. The molecule has 0 aromatic heterocycles. The molecule has 3 aromatic carbocycles. The summed E-state index contributed by atoms with van der Waals surface area (Å²) in [6, 6.07) is 26.7. The Morgan fingerprint density at radius 1 is 0.379 bits per heavy atom. The lowest BCUT2D eigenvalue weighted by Crippen LogP contribution is -2.28. The number of unbranched alkanes of at least 4 members (excludes halogenated alkanes) is 6. The van der Waals surface area contributed by atoms with Crippen molar-refractivity contribution in [1.29, 1.82) is 0 Å². The minimum absolute atomic E-state index is 0.0183. The van der Waals surface area contributed by atoms with Gasteiger partial charge in [0.2, 0.25) is 0 Å². The summed E-state index contributed by atoms with van der Waals surface area (Å²) in [7, 11) is 0. The molecule has 596 valence electrons. The van der Waals surface area contributed by atoms with Crippen LogP contribution < -0.4 is 0 Å². The third kappa shape index (κ3) is 75.8. The molecule has 1 fully saturated rings. The number of halogens is 3. The minimum atomic E-state index is -4.06. The lowest BCUT2D eigenvalue weighted by atomic mass is 9.72. The van der Waals surface area contributed by atoms with Crippen molar-refractivity contribution in [2.45, 2.75) is 398 Å². The van der Waals surface area contributed by atoms with E-state index in [2.05, 4.69) is 259 Å². The second kappa shape index (κ2) is 57.5. The maximum absolute atomic E-state index is 11.6. The van der Waals surface area contributed by atoms with Crippen molar-refractivity contribution in [2.75, 3.05) is 0 Å². The van der Waals surface area contributed by atoms with E-state index in [4.69, 9.17) is 0 Å². The van der Waals surface area contributed by atoms with Crippen molar-refractivity contribution >= 4 is 46.3 Å². The zero-order valence-corrected chi connectivity index (χ0v) is 73.5. The van der Waals surface area contributed by atoms with E-state index >= 15 is 0 Å². The van der Waals surface area contributed by atoms with Gasteiger partial charge in [-0.15, -0.1) is 0 Å². The first-order valence-corrected chi connectivity index (χ1v) is 38.0. The summed E-state index contributed by atoms with van der Waals surface area (Å²) in [5.41, 5.74) is 9.64. The summed E-state index contributed by atoms with van der Waals surface area (Å²) in [4.78, 5) is 81.4. The number of hydrogen-bond acceptors (Lipinski definition) is 8. The zero-order valence-electron chi connectivity index (χ0n) is 73.5. The predicted octanol–water partition coefficient (Wildman–Crippen LogP) is 27.6. The molecule has 0 atom stereocenters. The number of hydrogen-bond donors (Lipinski definition) is 0. The normalized spacial score (nSPS) is 12.1. The third-order valence-corrected chi connectivity index (χ3v) is 15.3. The predicted molar refractivity (Wildman–Crippen MR) is 442 cm³/mol. The Morgan fingerprint density at radius 2 is 0.641 bits per heavy atom. The summed E-state index contributed by atoms with van der Waals surface area (Å²) in [6.07, 6.45) is 16.1. The molecule has 0 unspecified atom stereocenters. The number of benzene rings is 3. The monoisotopic (exact) mass is 1450 g/mol. The van der Waals surface area contributed by atoms with Gasteiger partial charge in [-0.25, -0.2) is 0 Å². The summed E-state index contributed by atoms with van der Waals surface area (Å²) in [5.74, 6) is -0.277. The lowest BCUT2D eigenvalue weighted by molar-refractivity contribution is -0.204. The maximum Gasteiger partial charge on any atom is 0.393 e. The summed E-state index contributed by atoms with van der Waals surface area (Å²) in [5, 5.41) is 0. The molecular formula is C92H159F3O8. The number of carbonyl (C=O) groups is 8. The van der Waals surface area contributed by atoms with Crippen LogP contribution in [0.3, 0.4) is 0 Å². The molecule has 0 amide bonds. The number of ketones is 8. The molecule has 0 bridgehead atoms. The molecule has 0 saturated heterocycles. The Kier molecular flexibility index (Phi) is 63.2. The minimum Gasteiger partial charge on any atom is -0.300 e. The van der Waals surface area contributed by atoms with Crippen LogP contribution in [-0.2, 0) is 70.8 Å². The topological polar surface area (TPSA) is 137 Å². The Hall–Kier alpha value is -5.71. The molecule has 0 aliphatic heterocycles. The Balaban J connectivity index is -0.000000162.